The van der Waals surface area contributed by atoms with Gasteiger partial charge in [0, 0.05) is 17.7 Å². The van der Waals surface area contributed by atoms with Crippen molar-refractivity contribution in [1.82, 2.24) is 4.90 Å². The fraction of sp³-hybridized carbons (Fsp3) is 0.500. The van der Waals surface area contributed by atoms with Gasteiger partial charge in [0.2, 0.25) is 6.41 Å². The summed E-state index contributed by atoms with van der Waals surface area (Å²) in [6.07, 6.45) is -0.153. The Bertz CT molecular complexity index is 481. The van der Waals surface area contributed by atoms with Gasteiger partial charge >= 0.3 is 0 Å². The number of carbonyl (C=O) groups is 1. The van der Waals surface area contributed by atoms with Crippen molar-refractivity contribution in [2.75, 3.05) is 13.2 Å². The van der Waals surface area contributed by atoms with Gasteiger partial charge < -0.3 is 14.7 Å². The van der Waals surface area contributed by atoms with Gasteiger partial charge in [-0.3, -0.25) is 14.9 Å². The van der Waals surface area contributed by atoms with E-state index in [2.05, 4.69) is 0 Å². The third-order valence-corrected chi connectivity index (χ3v) is 2.89. The molecule has 0 bridgehead atoms. The summed E-state index contributed by atoms with van der Waals surface area (Å²) < 4.78 is 5.35. The Morgan fingerprint density at radius 2 is 1.95 bits per heavy atom. The van der Waals surface area contributed by atoms with E-state index in [-0.39, 0.29) is 24.4 Å². The van der Waals surface area contributed by atoms with Crippen molar-refractivity contribution in [2.24, 2.45) is 0 Å². The highest BCUT2D eigenvalue weighted by Crippen LogP contribution is 2.17. The van der Waals surface area contributed by atoms with Crippen LogP contribution in [0.4, 0.5) is 5.69 Å². The molecule has 1 N–H and O–H groups in total. The van der Waals surface area contributed by atoms with Gasteiger partial charge in [-0.2, -0.15) is 0 Å². The van der Waals surface area contributed by atoms with Gasteiger partial charge in [-0.1, -0.05) is 0 Å². The number of nitro benzene ring substituents is 1. The first-order valence-corrected chi connectivity index (χ1v) is 6.51. The maximum atomic E-state index is 11.0. The Morgan fingerprint density at radius 3 is 2.38 bits per heavy atom. The number of rotatable bonds is 7. The molecule has 7 heteroatoms. The molecule has 0 radical (unpaired) electrons. The fourth-order valence-corrected chi connectivity index (χ4v) is 1.61. The summed E-state index contributed by atoms with van der Waals surface area (Å²) in [6, 6.07) is 5.58. The van der Waals surface area contributed by atoms with E-state index >= 15 is 0 Å². The Balaban J connectivity index is 2.51. The summed E-state index contributed by atoms with van der Waals surface area (Å²) in [5.41, 5.74) is -0.404. The van der Waals surface area contributed by atoms with Crippen LogP contribution in [0.3, 0.4) is 0 Å². The van der Waals surface area contributed by atoms with E-state index in [1.165, 1.54) is 29.2 Å². The Morgan fingerprint density at radius 1 is 1.38 bits per heavy atom. The largest absolute Gasteiger partial charge is 0.491 e. The van der Waals surface area contributed by atoms with Crippen LogP contribution in [0.15, 0.2) is 24.3 Å². The van der Waals surface area contributed by atoms with Crippen LogP contribution in [0.2, 0.25) is 0 Å². The molecule has 0 aliphatic heterocycles. The quantitative estimate of drug-likeness (QED) is 0.468. The second-order valence-electron chi connectivity index (χ2n) is 5.64. The molecule has 0 fully saturated rings. The van der Waals surface area contributed by atoms with Crippen LogP contribution in [0.1, 0.15) is 20.8 Å². The Hall–Kier alpha value is -2.15. The number of amides is 1. The zero-order valence-corrected chi connectivity index (χ0v) is 12.4. The molecule has 1 amide bonds. The monoisotopic (exact) mass is 296 g/mol. The topological polar surface area (TPSA) is 92.9 Å². The number of aliphatic hydroxyl groups is 1. The molecule has 1 rings (SSSR count). The molecule has 21 heavy (non-hydrogen) atoms. The third-order valence-electron chi connectivity index (χ3n) is 2.89. The molecule has 1 atom stereocenters. The van der Waals surface area contributed by atoms with Gasteiger partial charge in [0.1, 0.15) is 18.5 Å². The number of carbonyl (C=O) groups excluding carboxylic acids is 1. The molecule has 116 valence electrons. The Kier molecular flexibility index (Phi) is 5.66. The molecule has 1 aromatic carbocycles. The number of nitrogens with zero attached hydrogens (tertiary/aromatic N) is 2. The summed E-state index contributed by atoms with van der Waals surface area (Å²) in [5, 5.41) is 20.4. The van der Waals surface area contributed by atoms with Crippen molar-refractivity contribution < 1.29 is 19.6 Å². The normalized spacial score (nSPS) is 12.6. The van der Waals surface area contributed by atoms with E-state index in [1.807, 2.05) is 20.8 Å². The maximum Gasteiger partial charge on any atom is 0.269 e. The first-order valence-electron chi connectivity index (χ1n) is 6.51. The van der Waals surface area contributed by atoms with Crippen molar-refractivity contribution in [3.63, 3.8) is 0 Å². The lowest BCUT2D eigenvalue weighted by molar-refractivity contribution is -0.384. The predicted molar refractivity (Wildman–Crippen MR) is 77.1 cm³/mol. The molecular formula is C14H20N2O5. The summed E-state index contributed by atoms with van der Waals surface area (Å²) in [5.74, 6) is 0.424. The molecule has 0 saturated carbocycles. The van der Waals surface area contributed by atoms with Gasteiger partial charge in [0.25, 0.3) is 5.69 Å². The first kappa shape index (κ1) is 16.9. The molecule has 1 aromatic rings. The highest BCUT2D eigenvalue weighted by atomic mass is 16.6. The van der Waals surface area contributed by atoms with E-state index in [9.17, 15) is 20.0 Å². The third kappa shape index (κ3) is 5.39. The number of benzene rings is 1. The molecular weight excluding hydrogens is 276 g/mol. The van der Waals surface area contributed by atoms with Crippen LogP contribution < -0.4 is 4.74 Å². The molecule has 0 saturated heterocycles. The van der Waals surface area contributed by atoms with E-state index in [4.69, 9.17) is 4.74 Å². The van der Waals surface area contributed by atoms with Gasteiger partial charge in [-0.15, -0.1) is 0 Å². The smallest absolute Gasteiger partial charge is 0.269 e. The fourth-order valence-electron chi connectivity index (χ4n) is 1.61. The van der Waals surface area contributed by atoms with E-state index < -0.39 is 11.0 Å². The lowest BCUT2D eigenvalue weighted by Crippen LogP contribution is -2.45. The lowest BCUT2D eigenvalue weighted by atomic mass is 10.1. The van der Waals surface area contributed by atoms with Gasteiger partial charge in [-0.05, 0) is 32.9 Å². The standard InChI is InChI=1S/C14H20N2O5/c1-14(2,3)15(10-17)8-12(18)9-21-13-6-4-11(5-7-13)16(19)20/h4-7,10,12,18H,8-9H2,1-3H3. The highest BCUT2D eigenvalue weighted by Gasteiger charge is 2.22. The minimum atomic E-state index is -0.843. The van der Waals surface area contributed by atoms with E-state index in [0.29, 0.717) is 12.2 Å². The number of ether oxygens (including phenoxy) is 1. The van der Waals surface area contributed by atoms with Gasteiger partial charge in [0.15, 0.2) is 0 Å². The van der Waals surface area contributed by atoms with E-state index in [0.717, 1.165) is 0 Å². The second kappa shape index (κ2) is 7.03. The van der Waals surface area contributed by atoms with Crippen LogP contribution >= 0.6 is 0 Å². The molecule has 7 nitrogen and oxygen atoms in total. The molecule has 0 aliphatic carbocycles. The number of β-amino-alcohol motifs (C(OH)–C–C–N with tert-alkyl or cyclic N) is 1. The van der Waals surface area contributed by atoms with Gasteiger partial charge in [0.05, 0.1) is 11.5 Å². The second-order valence-corrected chi connectivity index (χ2v) is 5.64. The average Bonchev–Trinajstić information content (AvgIpc) is 2.41. The van der Waals surface area contributed by atoms with Crippen molar-refractivity contribution in [1.29, 1.82) is 0 Å². The van der Waals surface area contributed by atoms with Crippen LogP contribution in [-0.2, 0) is 4.79 Å². The number of hydrogen-bond donors (Lipinski definition) is 1. The van der Waals surface area contributed by atoms with Crippen LogP contribution in [0, 0.1) is 10.1 Å². The van der Waals surface area contributed by atoms with Crippen LogP contribution in [-0.4, -0.2) is 46.1 Å². The maximum absolute atomic E-state index is 11.0. The first-order chi connectivity index (χ1) is 9.74. The van der Waals surface area contributed by atoms with Crippen molar-refractivity contribution in [2.45, 2.75) is 32.4 Å². The van der Waals surface area contributed by atoms with Crippen LogP contribution in [0.25, 0.3) is 0 Å². The van der Waals surface area contributed by atoms with Gasteiger partial charge in [-0.25, -0.2) is 0 Å². The summed E-state index contributed by atoms with van der Waals surface area (Å²) in [7, 11) is 0. The molecule has 0 spiro atoms. The minimum Gasteiger partial charge on any atom is -0.491 e. The van der Waals surface area contributed by atoms with Crippen molar-refractivity contribution in [3.8, 4) is 5.75 Å². The summed E-state index contributed by atoms with van der Waals surface area (Å²) in [6.45, 7) is 5.75. The average molecular weight is 296 g/mol. The SMILES string of the molecule is CC(C)(C)N(C=O)CC(O)COc1ccc([N+](=O)[O-])cc1. The highest BCUT2D eigenvalue weighted by molar-refractivity contribution is 5.48. The van der Waals surface area contributed by atoms with Crippen LogP contribution in [0.5, 0.6) is 5.75 Å². The number of nitro groups is 1. The molecule has 0 heterocycles. The zero-order valence-electron chi connectivity index (χ0n) is 12.4. The molecule has 0 aromatic heterocycles. The van der Waals surface area contributed by atoms with Crippen molar-refractivity contribution in [3.05, 3.63) is 34.4 Å². The molecule has 0 aliphatic rings. The minimum absolute atomic E-state index is 0.00176. The lowest BCUT2D eigenvalue weighted by Gasteiger charge is -2.33. The zero-order chi connectivity index (χ0) is 16.0. The van der Waals surface area contributed by atoms with Crippen molar-refractivity contribution >= 4 is 12.1 Å². The summed E-state index contributed by atoms with van der Waals surface area (Å²) >= 11 is 0. The predicted octanol–water partition coefficient (Wildman–Crippen LogP) is 1.59. The Labute approximate surface area is 123 Å². The number of aliphatic hydroxyl groups excluding tert-OH is 1. The molecule has 1 unspecified atom stereocenters. The number of hydrogen-bond acceptors (Lipinski definition) is 5. The van der Waals surface area contributed by atoms with E-state index in [1.54, 1.807) is 0 Å². The summed E-state index contributed by atoms with van der Waals surface area (Å²) in [4.78, 5) is 22.5. The number of non-ortho nitro benzene ring substituents is 1.